The number of nitrogens with zero attached hydrogens (tertiary/aromatic N) is 3. The van der Waals surface area contributed by atoms with Crippen molar-refractivity contribution in [1.82, 2.24) is 14.7 Å². The van der Waals surface area contributed by atoms with Crippen LogP contribution in [0, 0.1) is 0 Å². The monoisotopic (exact) mass is 333 g/mol. The van der Waals surface area contributed by atoms with Crippen molar-refractivity contribution >= 4 is 0 Å². The van der Waals surface area contributed by atoms with Crippen LogP contribution in [0.3, 0.4) is 0 Å². The van der Waals surface area contributed by atoms with Crippen LogP contribution in [-0.4, -0.2) is 79.3 Å². The normalized spacial score (nSPS) is 19.0. The highest BCUT2D eigenvalue weighted by molar-refractivity contribution is 5.27. The van der Waals surface area contributed by atoms with Gasteiger partial charge in [0.05, 0.1) is 6.10 Å². The van der Waals surface area contributed by atoms with Crippen LogP contribution >= 0.6 is 0 Å². The maximum Gasteiger partial charge on any atom is 0.0793 e. The number of aliphatic hydroxyl groups excluding tert-OH is 1. The van der Waals surface area contributed by atoms with Gasteiger partial charge in [0.15, 0.2) is 0 Å². The van der Waals surface area contributed by atoms with E-state index in [2.05, 4.69) is 73.8 Å². The minimum absolute atomic E-state index is 0.198. The van der Waals surface area contributed by atoms with Crippen molar-refractivity contribution in [2.45, 2.75) is 38.8 Å². The topological polar surface area (TPSA) is 30.0 Å². The summed E-state index contributed by atoms with van der Waals surface area (Å²) in [7, 11) is 4.25. The fourth-order valence-electron chi connectivity index (χ4n) is 3.23. The summed E-state index contributed by atoms with van der Waals surface area (Å²) in [6, 6.07) is 8.88. The largest absolute Gasteiger partial charge is 0.390 e. The third-order valence-corrected chi connectivity index (χ3v) is 4.86. The first-order chi connectivity index (χ1) is 11.2. The van der Waals surface area contributed by atoms with Gasteiger partial charge >= 0.3 is 0 Å². The molecule has 1 heterocycles. The molecule has 1 aliphatic rings. The van der Waals surface area contributed by atoms with E-state index in [9.17, 15) is 5.11 Å². The van der Waals surface area contributed by atoms with Crippen molar-refractivity contribution in [2.24, 2.45) is 0 Å². The van der Waals surface area contributed by atoms with E-state index in [0.29, 0.717) is 6.54 Å². The Hall–Kier alpha value is -0.940. The molecule has 0 bridgehead atoms. The van der Waals surface area contributed by atoms with E-state index in [1.54, 1.807) is 0 Å². The third-order valence-electron chi connectivity index (χ3n) is 4.86. The molecule has 0 amide bonds. The lowest BCUT2D eigenvalue weighted by Crippen LogP contribution is -2.48. The van der Waals surface area contributed by atoms with Crippen molar-refractivity contribution in [3.05, 3.63) is 35.4 Å². The molecule has 4 heteroatoms. The second kappa shape index (κ2) is 8.43. The number of aliphatic hydroxyl groups is 1. The second-order valence-electron chi connectivity index (χ2n) is 8.40. The van der Waals surface area contributed by atoms with Gasteiger partial charge in [0.1, 0.15) is 0 Å². The molecule has 1 atom stereocenters. The highest BCUT2D eigenvalue weighted by Gasteiger charge is 2.18. The quantitative estimate of drug-likeness (QED) is 0.863. The standard InChI is InChI=1S/C20H35N3O/c1-20(2,3)18-8-6-17(7-9-18)14-22(5)15-19(24)16-23-12-10-21(4)11-13-23/h6-9,19,24H,10-16H2,1-5H3. The Kier molecular flexibility index (Phi) is 6.81. The van der Waals surface area contributed by atoms with Gasteiger partial charge in [-0.2, -0.15) is 0 Å². The van der Waals surface area contributed by atoms with E-state index < -0.39 is 0 Å². The van der Waals surface area contributed by atoms with Crippen molar-refractivity contribution in [2.75, 3.05) is 53.4 Å². The predicted molar refractivity (Wildman–Crippen MR) is 101 cm³/mol. The van der Waals surface area contributed by atoms with Crippen molar-refractivity contribution in [3.8, 4) is 0 Å². The van der Waals surface area contributed by atoms with Crippen LogP contribution in [0.2, 0.25) is 0 Å². The molecule has 136 valence electrons. The predicted octanol–water partition coefficient (Wildman–Crippen LogP) is 2.02. The van der Waals surface area contributed by atoms with Crippen LogP contribution in [0.15, 0.2) is 24.3 Å². The lowest BCUT2D eigenvalue weighted by Gasteiger charge is -2.34. The highest BCUT2D eigenvalue weighted by atomic mass is 16.3. The summed E-state index contributed by atoms with van der Waals surface area (Å²) in [5.41, 5.74) is 2.87. The van der Waals surface area contributed by atoms with Crippen LogP contribution in [0.5, 0.6) is 0 Å². The Balaban J connectivity index is 1.76. The van der Waals surface area contributed by atoms with E-state index in [-0.39, 0.29) is 11.5 Å². The lowest BCUT2D eigenvalue weighted by molar-refractivity contribution is 0.0594. The first kappa shape index (κ1) is 19.4. The molecule has 1 aromatic carbocycles. The van der Waals surface area contributed by atoms with Crippen LogP contribution in [-0.2, 0) is 12.0 Å². The van der Waals surface area contributed by atoms with Crippen LogP contribution in [0.1, 0.15) is 31.9 Å². The van der Waals surface area contributed by atoms with Gasteiger partial charge in [-0.1, -0.05) is 45.0 Å². The zero-order valence-electron chi connectivity index (χ0n) is 16.1. The Labute approximate surface area is 148 Å². The molecule has 0 aromatic heterocycles. The minimum Gasteiger partial charge on any atom is -0.390 e. The maximum absolute atomic E-state index is 10.4. The molecule has 4 nitrogen and oxygen atoms in total. The molecular formula is C20H35N3O. The summed E-state index contributed by atoms with van der Waals surface area (Å²) in [5, 5.41) is 10.4. The molecule has 0 aliphatic carbocycles. The maximum atomic E-state index is 10.4. The molecule has 1 aliphatic heterocycles. The molecule has 2 rings (SSSR count). The number of benzene rings is 1. The van der Waals surface area contributed by atoms with E-state index >= 15 is 0 Å². The smallest absolute Gasteiger partial charge is 0.0793 e. The van der Waals surface area contributed by atoms with Gasteiger partial charge in [-0.3, -0.25) is 9.80 Å². The number of likely N-dealkylation sites (N-methyl/N-ethyl adjacent to an activating group) is 2. The average Bonchev–Trinajstić information content (AvgIpc) is 2.49. The first-order valence-electron chi connectivity index (χ1n) is 9.11. The Morgan fingerprint density at radius 1 is 1.08 bits per heavy atom. The van der Waals surface area contributed by atoms with Gasteiger partial charge in [-0.25, -0.2) is 0 Å². The Morgan fingerprint density at radius 3 is 2.21 bits per heavy atom. The molecule has 0 radical (unpaired) electrons. The minimum atomic E-state index is -0.285. The zero-order chi connectivity index (χ0) is 17.7. The van der Waals surface area contributed by atoms with Gasteiger partial charge in [-0.05, 0) is 30.6 Å². The van der Waals surface area contributed by atoms with E-state index in [1.165, 1.54) is 11.1 Å². The van der Waals surface area contributed by atoms with E-state index in [4.69, 9.17) is 0 Å². The summed E-state index contributed by atoms with van der Waals surface area (Å²) in [5.74, 6) is 0. The summed E-state index contributed by atoms with van der Waals surface area (Å²) < 4.78 is 0. The summed E-state index contributed by atoms with van der Waals surface area (Å²) >= 11 is 0. The van der Waals surface area contributed by atoms with Crippen molar-refractivity contribution in [3.63, 3.8) is 0 Å². The van der Waals surface area contributed by atoms with Crippen molar-refractivity contribution in [1.29, 1.82) is 0 Å². The van der Waals surface area contributed by atoms with Crippen LogP contribution in [0.4, 0.5) is 0 Å². The fraction of sp³-hybridized carbons (Fsp3) is 0.700. The molecule has 1 unspecified atom stereocenters. The third kappa shape index (κ3) is 6.17. The van der Waals surface area contributed by atoms with Crippen LogP contribution in [0.25, 0.3) is 0 Å². The molecule has 1 saturated heterocycles. The molecule has 1 fully saturated rings. The van der Waals surface area contributed by atoms with Gasteiger partial charge in [0.2, 0.25) is 0 Å². The zero-order valence-corrected chi connectivity index (χ0v) is 16.1. The highest BCUT2D eigenvalue weighted by Crippen LogP contribution is 2.22. The van der Waals surface area contributed by atoms with Gasteiger partial charge < -0.3 is 10.0 Å². The number of rotatable bonds is 6. The number of β-amino-alcohol motifs (C(OH)–C–C–N with tert-alkyl or cyclic N) is 1. The molecule has 24 heavy (non-hydrogen) atoms. The summed E-state index contributed by atoms with van der Waals surface area (Å²) in [6.07, 6.45) is -0.285. The van der Waals surface area contributed by atoms with Gasteiger partial charge in [-0.15, -0.1) is 0 Å². The Bertz CT molecular complexity index is 487. The van der Waals surface area contributed by atoms with E-state index in [0.717, 1.165) is 39.3 Å². The fourth-order valence-corrected chi connectivity index (χ4v) is 3.23. The average molecular weight is 334 g/mol. The molecule has 1 N–H and O–H groups in total. The van der Waals surface area contributed by atoms with Gasteiger partial charge in [0.25, 0.3) is 0 Å². The number of hydrogen-bond donors (Lipinski definition) is 1. The summed E-state index contributed by atoms with van der Waals surface area (Å²) in [4.78, 5) is 6.93. The SMILES string of the molecule is CN1CCN(CC(O)CN(C)Cc2ccc(C(C)(C)C)cc2)CC1. The summed E-state index contributed by atoms with van der Waals surface area (Å²) in [6.45, 7) is 13.4. The van der Waals surface area contributed by atoms with Crippen molar-refractivity contribution < 1.29 is 5.11 Å². The molecule has 0 spiro atoms. The second-order valence-corrected chi connectivity index (χ2v) is 8.40. The van der Waals surface area contributed by atoms with Crippen LogP contribution < -0.4 is 0 Å². The lowest BCUT2D eigenvalue weighted by atomic mass is 9.87. The number of hydrogen-bond acceptors (Lipinski definition) is 4. The number of piperazine rings is 1. The molecule has 0 saturated carbocycles. The molecular weight excluding hydrogens is 298 g/mol. The first-order valence-corrected chi connectivity index (χ1v) is 9.11. The van der Waals surface area contributed by atoms with Gasteiger partial charge in [0, 0.05) is 45.8 Å². The molecule has 1 aromatic rings. The van der Waals surface area contributed by atoms with E-state index in [1.807, 2.05) is 0 Å². The Morgan fingerprint density at radius 2 is 1.67 bits per heavy atom.